The fourth-order valence-corrected chi connectivity index (χ4v) is 8.71. The molecular formula is C37H42N4O7S. The molecule has 3 fully saturated rings. The Morgan fingerprint density at radius 3 is 2.57 bits per heavy atom. The number of amides is 3. The Morgan fingerprint density at radius 2 is 1.82 bits per heavy atom. The lowest BCUT2D eigenvalue weighted by atomic mass is 9.93. The Labute approximate surface area is 286 Å². The van der Waals surface area contributed by atoms with Crippen LogP contribution in [-0.4, -0.2) is 73.8 Å². The van der Waals surface area contributed by atoms with Crippen LogP contribution >= 0.6 is 0 Å². The Morgan fingerprint density at radius 1 is 1.04 bits per heavy atom. The quantitative estimate of drug-likeness (QED) is 0.372. The Kier molecular flexibility index (Phi) is 8.85. The van der Waals surface area contributed by atoms with Gasteiger partial charge in [0, 0.05) is 30.6 Å². The van der Waals surface area contributed by atoms with Crippen LogP contribution in [0.4, 0.5) is 0 Å². The summed E-state index contributed by atoms with van der Waals surface area (Å²) in [5.41, 5.74) is 3.04. The van der Waals surface area contributed by atoms with E-state index in [-0.39, 0.29) is 25.2 Å². The van der Waals surface area contributed by atoms with Gasteiger partial charge in [-0.3, -0.25) is 19.1 Å². The zero-order chi connectivity index (χ0) is 34.3. The van der Waals surface area contributed by atoms with E-state index in [9.17, 15) is 22.8 Å². The molecule has 12 heteroatoms. The summed E-state index contributed by atoms with van der Waals surface area (Å²) in [6.07, 6.45) is 9.28. The predicted molar refractivity (Wildman–Crippen MR) is 184 cm³/mol. The molecule has 258 valence electrons. The van der Waals surface area contributed by atoms with Gasteiger partial charge in [0.1, 0.15) is 29.7 Å². The molecule has 0 aromatic heterocycles. The van der Waals surface area contributed by atoms with Crippen molar-refractivity contribution in [3.05, 3.63) is 78.4 Å². The third kappa shape index (κ3) is 6.50. The normalized spacial score (nSPS) is 29.8. The molecule has 0 spiro atoms. The highest BCUT2D eigenvalue weighted by atomic mass is 32.2. The monoisotopic (exact) mass is 686 g/mol. The minimum atomic E-state index is -3.82. The maximum absolute atomic E-state index is 14.1. The lowest BCUT2D eigenvalue weighted by molar-refractivity contribution is -0.140. The van der Waals surface area contributed by atoms with Crippen molar-refractivity contribution in [3.8, 4) is 16.9 Å². The molecule has 1 aliphatic heterocycles. The van der Waals surface area contributed by atoms with Crippen molar-refractivity contribution in [2.45, 2.75) is 68.3 Å². The molecule has 11 nitrogen and oxygen atoms in total. The molecule has 5 aliphatic rings. The van der Waals surface area contributed by atoms with Gasteiger partial charge in [-0.1, -0.05) is 47.6 Å². The first-order chi connectivity index (χ1) is 23.6. The smallest absolute Gasteiger partial charge is 0.259 e. The minimum absolute atomic E-state index is 0.173. The summed E-state index contributed by atoms with van der Waals surface area (Å²) < 4.78 is 33.5. The highest BCUT2D eigenvalue weighted by Crippen LogP contribution is 2.47. The Hall–Kier alpha value is -4.45. The molecule has 7 rings (SSSR count). The number of benzene rings is 2. The number of fused-ring (bicyclic) bond motifs is 6. The molecule has 1 heterocycles. The lowest BCUT2D eigenvalue weighted by Gasteiger charge is -2.26. The number of hydrogen-bond donors (Lipinski definition) is 2. The van der Waals surface area contributed by atoms with Gasteiger partial charge < -0.3 is 19.8 Å². The van der Waals surface area contributed by atoms with E-state index >= 15 is 0 Å². The van der Waals surface area contributed by atoms with Crippen molar-refractivity contribution < 1.29 is 32.4 Å². The van der Waals surface area contributed by atoms with Crippen LogP contribution < -0.4 is 14.8 Å². The number of carbonyl (C=O) groups is 3. The van der Waals surface area contributed by atoms with E-state index in [1.807, 2.05) is 48.5 Å². The number of nitrogens with one attached hydrogen (secondary N) is 2. The second kappa shape index (κ2) is 13.1. The van der Waals surface area contributed by atoms with Gasteiger partial charge in [0.05, 0.1) is 17.1 Å². The van der Waals surface area contributed by atoms with Crippen LogP contribution in [0.3, 0.4) is 0 Å². The van der Waals surface area contributed by atoms with Gasteiger partial charge in [0.2, 0.25) is 21.8 Å². The van der Waals surface area contributed by atoms with E-state index in [4.69, 9.17) is 9.57 Å². The standard InChI is InChI=1S/C37H42N4O7S/c1-3-23-22-37(23,36(44)40-49(45,46)26-14-15-26)38-34(42)31-20-25-21-32(31)35(43)41(2)17-9-5-4-6-10-18-47-24-13-16-28-27-11-7-8-12-29(27)33(39-48-25)30(28)19-24/h3,6-8,10-13,16,19,23,25-26,31-32H,1,4-5,9,14-15,17-18,20-22H2,2H3,(H,38,42)(H,40,44)/b10-6-,39-33+/t23-,25-,31-,32-,37-/m1/s1. The summed E-state index contributed by atoms with van der Waals surface area (Å²) in [6, 6.07) is 13.9. The van der Waals surface area contributed by atoms with Gasteiger partial charge in [-0.15, -0.1) is 6.58 Å². The number of nitrogens with zero attached hydrogens (tertiary/aromatic N) is 2. The van der Waals surface area contributed by atoms with E-state index in [1.54, 1.807) is 18.0 Å². The fourth-order valence-electron chi connectivity index (χ4n) is 7.34. The second-order valence-electron chi connectivity index (χ2n) is 13.8. The first-order valence-electron chi connectivity index (χ1n) is 17.1. The van der Waals surface area contributed by atoms with E-state index in [0.717, 1.165) is 41.5 Å². The van der Waals surface area contributed by atoms with Crippen LogP contribution in [0.5, 0.6) is 5.75 Å². The number of sulfonamides is 1. The van der Waals surface area contributed by atoms with Gasteiger partial charge in [0.25, 0.3) is 5.91 Å². The molecule has 2 aromatic carbocycles. The van der Waals surface area contributed by atoms with Gasteiger partial charge in [-0.05, 0) is 80.7 Å². The Bertz CT molecular complexity index is 1850. The summed E-state index contributed by atoms with van der Waals surface area (Å²) >= 11 is 0. The molecule has 2 aromatic rings. The van der Waals surface area contributed by atoms with E-state index in [1.165, 1.54) is 0 Å². The Balaban J connectivity index is 1.17. The van der Waals surface area contributed by atoms with Crippen LogP contribution in [0.2, 0.25) is 0 Å². The number of rotatable bonds is 6. The largest absolute Gasteiger partial charge is 0.490 e. The molecule has 0 saturated heterocycles. The topological polar surface area (TPSA) is 143 Å². The highest BCUT2D eigenvalue weighted by molar-refractivity contribution is 7.91. The zero-order valence-electron chi connectivity index (χ0n) is 27.6. The van der Waals surface area contributed by atoms with Crippen molar-refractivity contribution in [2.75, 3.05) is 20.2 Å². The summed E-state index contributed by atoms with van der Waals surface area (Å²) in [7, 11) is -2.08. The van der Waals surface area contributed by atoms with Gasteiger partial charge in [-0.2, -0.15) is 0 Å². The third-order valence-electron chi connectivity index (χ3n) is 10.4. The minimum Gasteiger partial charge on any atom is -0.490 e. The SMILES string of the molecule is C=C[C@@H]1C[C@]1(NC(=O)[C@@H]1C[C@@H]2C[C@H]1C(=O)N(C)CCCC/C=C\COc1ccc3c(c1)/C(=N/O2)c1ccccc1-3)C(=O)NS(=O)(=O)C1CC1. The maximum atomic E-state index is 14.1. The molecule has 49 heavy (non-hydrogen) atoms. The van der Waals surface area contributed by atoms with Crippen LogP contribution in [-0.2, 0) is 29.2 Å². The third-order valence-corrected chi connectivity index (χ3v) is 12.3. The number of ether oxygens (including phenoxy) is 1. The molecule has 0 radical (unpaired) electrons. The van der Waals surface area contributed by atoms with Crippen molar-refractivity contribution in [3.63, 3.8) is 0 Å². The predicted octanol–water partition coefficient (Wildman–Crippen LogP) is 4.08. The summed E-state index contributed by atoms with van der Waals surface area (Å²) in [4.78, 5) is 49.2. The van der Waals surface area contributed by atoms with Gasteiger partial charge >= 0.3 is 0 Å². The number of oxime groups is 1. The first kappa shape index (κ1) is 33.1. The van der Waals surface area contributed by atoms with Gasteiger partial charge in [-0.25, -0.2) is 8.42 Å². The average Bonchev–Trinajstić information content (AvgIpc) is 4.00. The zero-order valence-corrected chi connectivity index (χ0v) is 28.4. The number of carbonyl (C=O) groups excluding carboxylic acids is 3. The fraction of sp³-hybridized carbons (Fsp3) is 0.459. The van der Waals surface area contributed by atoms with Crippen molar-refractivity contribution in [1.82, 2.24) is 14.9 Å². The molecule has 3 saturated carbocycles. The molecule has 0 unspecified atom stereocenters. The van der Waals surface area contributed by atoms with E-state index in [2.05, 4.69) is 27.8 Å². The van der Waals surface area contributed by atoms with E-state index in [0.29, 0.717) is 37.5 Å². The molecule has 4 bridgehead atoms. The summed E-state index contributed by atoms with van der Waals surface area (Å²) in [6.45, 7) is 4.75. The highest BCUT2D eigenvalue weighted by Gasteiger charge is 2.62. The maximum Gasteiger partial charge on any atom is 0.259 e. The lowest BCUT2D eigenvalue weighted by Crippen LogP contribution is -2.54. The van der Waals surface area contributed by atoms with Crippen molar-refractivity contribution >= 4 is 33.5 Å². The summed E-state index contributed by atoms with van der Waals surface area (Å²) in [5.74, 6) is -2.66. The molecule has 4 aliphatic carbocycles. The molecule has 3 amide bonds. The van der Waals surface area contributed by atoms with Crippen molar-refractivity contribution in [2.24, 2.45) is 22.9 Å². The van der Waals surface area contributed by atoms with Crippen LogP contribution in [0, 0.1) is 17.8 Å². The van der Waals surface area contributed by atoms with Crippen LogP contribution in [0.15, 0.2) is 72.4 Å². The number of hydrogen-bond acceptors (Lipinski definition) is 8. The van der Waals surface area contributed by atoms with Crippen LogP contribution in [0.25, 0.3) is 11.1 Å². The molecule has 5 atom stereocenters. The van der Waals surface area contributed by atoms with E-state index < -0.39 is 56.5 Å². The molecular weight excluding hydrogens is 644 g/mol. The van der Waals surface area contributed by atoms with Gasteiger partial charge in [0.15, 0.2) is 0 Å². The van der Waals surface area contributed by atoms with Crippen molar-refractivity contribution in [1.29, 1.82) is 0 Å². The summed E-state index contributed by atoms with van der Waals surface area (Å²) in [5, 5.41) is 6.93. The second-order valence-corrected chi connectivity index (χ2v) is 15.8. The van der Waals surface area contributed by atoms with Crippen LogP contribution in [0.1, 0.15) is 62.5 Å². The number of allylic oxidation sites excluding steroid dienone is 1. The average molecular weight is 687 g/mol. The first-order valence-corrected chi connectivity index (χ1v) is 18.7. The molecule has 2 N–H and O–H groups in total.